The van der Waals surface area contributed by atoms with Gasteiger partial charge in [0.1, 0.15) is 18.0 Å². The molecule has 0 bridgehead atoms. The number of benzene rings is 1. The Balaban J connectivity index is 1.60. The van der Waals surface area contributed by atoms with Crippen LogP contribution >= 0.6 is 23.2 Å². The average molecular weight is 482 g/mol. The number of nitriles is 1. The van der Waals surface area contributed by atoms with Crippen LogP contribution in [-0.4, -0.2) is 45.0 Å². The summed E-state index contributed by atoms with van der Waals surface area (Å²) in [4.78, 5) is 27.5. The van der Waals surface area contributed by atoms with E-state index in [1.165, 1.54) is 6.20 Å². The molecule has 0 spiro atoms. The molecule has 3 heterocycles. The van der Waals surface area contributed by atoms with E-state index in [2.05, 4.69) is 15.0 Å². The van der Waals surface area contributed by atoms with E-state index in [0.717, 1.165) is 5.56 Å². The maximum absolute atomic E-state index is 13.2. The van der Waals surface area contributed by atoms with Gasteiger partial charge in [-0.1, -0.05) is 29.3 Å². The molecular weight excluding hydrogens is 461 g/mol. The summed E-state index contributed by atoms with van der Waals surface area (Å²) < 4.78 is 6.11. The number of likely N-dealkylation sites (tertiary alicyclic amines) is 1. The number of rotatable bonds is 5. The van der Waals surface area contributed by atoms with Crippen molar-refractivity contribution in [2.75, 3.05) is 13.1 Å². The zero-order chi connectivity index (χ0) is 23.5. The molecule has 1 saturated heterocycles. The van der Waals surface area contributed by atoms with Crippen molar-refractivity contribution < 1.29 is 9.53 Å². The summed E-state index contributed by atoms with van der Waals surface area (Å²) in [6.07, 6.45) is 4.30. The summed E-state index contributed by atoms with van der Waals surface area (Å²) in [5.41, 5.74) is 1.88. The average Bonchev–Trinajstić information content (AvgIpc) is 3.27. The molecule has 168 valence electrons. The van der Waals surface area contributed by atoms with Gasteiger partial charge in [-0.05, 0) is 37.6 Å². The predicted molar refractivity (Wildman–Crippen MR) is 124 cm³/mol. The van der Waals surface area contributed by atoms with E-state index in [-0.39, 0.29) is 23.8 Å². The molecule has 33 heavy (non-hydrogen) atoms. The molecule has 1 fully saturated rings. The van der Waals surface area contributed by atoms with Crippen molar-refractivity contribution in [1.29, 1.82) is 5.26 Å². The molecule has 2 aromatic heterocycles. The lowest BCUT2D eigenvalue weighted by Crippen LogP contribution is -2.32. The number of carbonyl (C=O) groups excluding carboxylic acids is 1. The zero-order valence-corrected chi connectivity index (χ0v) is 19.6. The molecule has 0 unspecified atom stereocenters. The van der Waals surface area contributed by atoms with Crippen LogP contribution in [0.1, 0.15) is 40.2 Å². The quantitative estimate of drug-likeness (QED) is 0.525. The van der Waals surface area contributed by atoms with E-state index in [9.17, 15) is 4.79 Å². The molecule has 4 rings (SSSR count). The van der Waals surface area contributed by atoms with Crippen LogP contribution in [0.4, 0.5) is 0 Å². The topological polar surface area (TPSA) is 92.0 Å². The van der Waals surface area contributed by atoms with Crippen molar-refractivity contribution in [2.45, 2.75) is 25.9 Å². The second-order valence-electron chi connectivity index (χ2n) is 7.99. The minimum atomic E-state index is -0.267. The molecule has 1 aliphatic rings. The number of ether oxygens (including phenoxy) is 1. The Morgan fingerprint density at radius 3 is 2.52 bits per heavy atom. The highest BCUT2D eigenvalue weighted by molar-refractivity contribution is 6.42. The Labute approximate surface area is 202 Å². The van der Waals surface area contributed by atoms with Crippen molar-refractivity contribution in [3.8, 4) is 11.9 Å². The van der Waals surface area contributed by atoms with Crippen LogP contribution in [0.15, 0.2) is 48.9 Å². The summed E-state index contributed by atoms with van der Waals surface area (Å²) in [5.74, 6) is 0.840. The van der Waals surface area contributed by atoms with Crippen LogP contribution in [0.25, 0.3) is 0 Å². The summed E-state index contributed by atoms with van der Waals surface area (Å²) in [6.45, 7) is 4.70. The van der Waals surface area contributed by atoms with E-state index < -0.39 is 0 Å². The number of pyridine rings is 1. The lowest BCUT2D eigenvalue weighted by atomic mass is 9.86. The minimum absolute atomic E-state index is 0.0246. The third-order valence-corrected chi connectivity index (χ3v) is 6.57. The first-order valence-corrected chi connectivity index (χ1v) is 11.2. The molecule has 7 nitrogen and oxygen atoms in total. The Kier molecular flexibility index (Phi) is 6.77. The summed E-state index contributed by atoms with van der Waals surface area (Å²) in [7, 11) is 0. The highest BCUT2D eigenvalue weighted by Crippen LogP contribution is 2.38. The highest BCUT2D eigenvalue weighted by atomic mass is 35.5. The maximum Gasteiger partial charge on any atom is 0.257 e. The number of hydrogen-bond donors (Lipinski definition) is 0. The van der Waals surface area contributed by atoms with Gasteiger partial charge in [0.2, 0.25) is 5.88 Å². The van der Waals surface area contributed by atoms with Crippen molar-refractivity contribution in [1.82, 2.24) is 19.9 Å². The van der Waals surface area contributed by atoms with Crippen LogP contribution < -0.4 is 4.74 Å². The maximum atomic E-state index is 13.2. The first-order chi connectivity index (χ1) is 15.9. The standard InChI is InChI=1S/C24H21Cl2N5O2/c1-14(33-23-6-3-16(8-27)9-30-23)19-12-31(24(32)18-10-28-15(2)29-11-18)13-20(19)17-4-5-21(25)22(26)7-17/h3-7,9-11,14,19-20H,12-13H2,1-2H3/t14-,19+,20+/m0/s1. The van der Waals surface area contributed by atoms with Gasteiger partial charge >= 0.3 is 0 Å². The Hall–Kier alpha value is -3.21. The van der Waals surface area contributed by atoms with E-state index in [4.69, 9.17) is 33.2 Å². The molecule has 0 saturated carbocycles. The Morgan fingerprint density at radius 2 is 1.88 bits per heavy atom. The van der Waals surface area contributed by atoms with E-state index in [1.807, 2.05) is 25.1 Å². The van der Waals surface area contributed by atoms with Crippen LogP contribution in [0.3, 0.4) is 0 Å². The van der Waals surface area contributed by atoms with E-state index in [0.29, 0.717) is 46.0 Å². The first kappa shape index (κ1) is 23.0. The third kappa shape index (κ3) is 5.08. The minimum Gasteiger partial charge on any atom is -0.474 e. The number of halogens is 2. The fraction of sp³-hybridized carbons (Fsp3) is 0.292. The fourth-order valence-electron chi connectivity index (χ4n) is 4.05. The van der Waals surface area contributed by atoms with Crippen molar-refractivity contribution in [3.05, 3.63) is 81.5 Å². The number of carbonyl (C=O) groups is 1. The summed E-state index contributed by atoms with van der Waals surface area (Å²) in [6, 6.07) is 10.9. The van der Waals surface area contributed by atoms with E-state index in [1.54, 1.807) is 42.4 Å². The molecule has 1 amide bonds. The number of aryl methyl sites for hydroxylation is 1. The number of amides is 1. The summed E-state index contributed by atoms with van der Waals surface area (Å²) >= 11 is 12.4. The van der Waals surface area contributed by atoms with Crippen molar-refractivity contribution in [2.24, 2.45) is 5.92 Å². The first-order valence-electron chi connectivity index (χ1n) is 10.4. The number of nitrogens with zero attached hydrogens (tertiary/aromatic N) is 5. The molecule has 0 N–H and O–H groups in total. The lowest BCUT2D eigenvalue weighted by Gasteiger charge is -2.25. The van der Waals surface area contributed by atoms with Gasteiger partial charge in [0, 0.05) is 49.6 Å². The Morgan fingerprint density at radius 1 is 1.12 bits per heavy atom. The second kappa shape index (κ2) is 9.74. The van der Waals surface area contributed by atoms with Gasteiger partial charge in [0.05, 0.1) is 21.2 Å². The number of hydrogen-bond acceptors (Lipinski definition) is 6. The smallest absolute Gasteiger partial charge is 0.257 e. The van der Waals surface area contributed by atoms with Gasteiger partial charge in [-0.15, -0.1) is 0 Å². The van der Waals surface area contributed by atoms with Crippen molar-refractivity contribution >= 4 is 29.1 Å². The van der Waals surface area contributed by atoms with Gasteiger partial charge in [0.25, 0.3) is 5.91 Å². The molecule has 1 aromatic carbocycles. The van der Waals surface area contributed by atoms with E-state index >= 15 is 0 Å². The number of aromatic nitrogens is 3. The van der Waals surface area contributed by atoms with Crippen LogP contribution in [0.5, 0.6) is 5.88 Å². The fourth-order valence-corrected chi connectivity index (χ4v) is 4.35. The normalized spacial score (nSPS) is 18.6. The molecule has 0 radical (unpaired) electrons. The molecule has 9 heteroatoms. The SMILES string of the molecule is Cc1ncc(C(=O)N2C[C@H]([C@H](C)Oc3ccc(C#N)cn3)[C@@H](c3ccc(Cl)c(Cl)c3)C2)cn1. The summed E-state index contributed by atoms with van der Waals surface area (Å²) in [5, 5.41) is 9.92. The van der Waals surface area contributed by atoms with Gasteiger partial charge < -0.3 is 9.64 Å². The van der Waals surface area contributed by atoms with Gasteiger partial charge in [-0.2, -0.15) is 5.26 Å². The monoisotopic (exact) mass is 481 g/mol. The van der Waals surface area contributed by atoms with Crippen molar-refractivity contribution in [3.63, 3.8) is 0 Å². The Bertz CT molecular complexity index is 1190. The molecule has 1 aliphatic heterocycles. The highest BCUT2D eigenvalue weighted by Gasteiger charge is 2.40. The molecule has 3 aromatic rings. The molecule has 3 atom stereocenters. The van der Waals surface area contributed by atoms with Crippen LogP contribution in [-0.2, 0) is 0 Å². The predicted octanol–water partition coefficient (Wildman–Crippen LogP) is 4.68. The molecular formula is C24H21Cl2N5O2. The second-order valence-corrected chi connectivity index (χ2v) is 8.81. The van der Waals surface area contributed by atoms with Gasteiger partial charge in [-0.3, -0.25) is 4.79 Å². The van der Waals surface area contributed by atoms with Gasteiger partial charge in [0.15, 0.2) is 0 Å². The molecule has 0 aliphatic carbocycles. The third-order valence-electron chi connectivity index (χ3n) is 5.83. The van der Waals surface area contributed by atoms with Crippen LogP contribution in [0, 0.1) is 24.2 Å². The largest absolute Gasteiger partial charge is 0.474 e. The zero-order valence-electron chi connectivity index (χ0n) is 18.1. The lowest BCUT2D eigenvalue weighted by molar-refractivity contribution is 0.0769. The van der Waals surface area contributed by atoms with Crippen LogP contribution in [0.2, 0.25) is 10.0 Å². The van der Waals surface area contributed by atoms with Gasteiger partial charge in [-0.25, -0.2) is 15.0 Å².